The number of para-hydroxylation sites is 1. The summed E-state index contributed by atoms with van der Waals surface area (Å²) in [5.41, 5.74) is 15.3. The van der Waals surface area contributed by atoms with E-state index in [1.807, 2.05) is 11.3 Å². The van der Waals surface area contributed by atoms with E-state index in [0.717, 1.165) is 57.2 Å². The first-order chi connectivity index (χ1) is 28.2. The molecule has 7 aromatic carbocycles. The highest BCUT2D eigenvalue weighted by Gasteiger charge is 2.61. The van der Waals surface area contributed by atoms with Crippen LogP contribution in [0.4, 0.5) is 0 Å². The Morgan fingerprint density at radius 3 is 1.75 bits per heavy atom. The smallest absolute Gasteiger partial charge is 0.160 e. The standard InChI is InChI=1S/C54H40N2S/c1-2-9-34(10-3-1)52-43-14-4-6-15-49(43)55-53(56-52)39-12-8-11-35(28-39)36-17-20-47-44(29-36)45-30-37(38-19-22-51-46(31-38)42-13-5-7-16-50(42)57-51)18-21-48(45)54(47)40-24-32-23-33(26-40)27-41(54)25-32/h1-22,28-33,40-41H,23-27H2. The average molecular weight is 749 g/mol. The van der Waals surface area contributed by atoms with Gasteiger partial charge in [0.1, 0.15) is 0 Å². The van der Waals surface area contributed by atoms with Crippen LogP contribution < -0.4 is 0 Å². The summed E-state index contributed by atoms with van der Waals surface area (Å²) in [6.07, 6.45) is 7.00. The van der Waals surface area contributed by atoms with Crippen molar-refractivity contribution in [3.8, 4) is 56.0 Å². The third-order valence-corrected chi connectivity index (χ3v) is 15.6. The van der Waals surface area contributed by atoms with Gasteiger partial charge in [0, 0.05) is 42.1 Å². The maximum atomic E-state index is 5.22. The van der Waals surface area contributed by atoms with Crippen LogP contribution in [0, 0.1) is 23.7 Å². The number of fused-ring (bicyclic) bond motifs is 7. The van der Waals surface area contributed by atoms with Gasteiger partial charge in [-0.2, -0.15) is 0 Å². The molecule has 0 aliphatic heterocycles. The molecule has 57 heavy (non-hydrogen) atoms. The Hall–Kier alpha value is -5.90. The molecule has 0 unspecified atom stereocenters. The molecular formula is C54H40N2S. The highest BCUT2D eigenvalue weighted by atomic mass is 32.1. The number of hydrogen-bond donors (Lipinski definition) is 0. The van der Waals surface area contributed by atoms with Gasteiger partial charge >= 0.3 is 0 Å². The van der Waals surface area contributed by atoms with Gasteiger partial charge in [-0.05, 0) is 143 Å². The quantitative estimate of drug-likeness (QED) is 0.179. The lowest BCUT2D eigenvalue weighted by Gasteiger charge is -2.61. The van der Waals surface area contributed by atoms with E-state index >= 15 is 0 Å². The van der Waals surface area contributed by atoms with Crippen LogP contribution in [-0.4, -0.2) is 9.97 Å². The van der Waals surface area contributed by atoms with Gasteiger partial charge in [-0.1, -0.05) is 115 Å². The Kier molecular flexibility index (Phi) is 6.81. The van der Waals surface area contributed by atoms with Crippen molar-refractivity contribution in [1.82, 2.24) is 9.97 Å². The zero-order chi connectivity index (χ0) is 37.2. The molecule has 2 nitrogen and oxygen atoms in total. The highest BCUT2D eigenvalue weighted by molar-refractivity contribution is 7.25. The lowest BCUT2D eigenvalue weighted by atomic mass is 9.43. The predicted molar refractivity (Wildman–Crippen MR) is 237 cm³/mol. The number of nitrogens with zero attached hydrogens (tertiary/aromatic N) is 2. The highest BCUT2D eigenvalue weighted by Crippen LogP contribution is 2.69. The predicted octanol–water partition coefficient (Wildman–Crippen LogP) is 14.4. The van der Waals surface area contributed by atoms with Gasteiger partial charge in [0.2, 0.25) is 0 Å². The second-order valence-electron chi connectivity index (χ2n) is 17.4. The molecule has 4 saturated carbocycles. The van der Waals surface area contributed by atoms with E-state index in [1.54, 1.807) is 11.1 Å². The summed E-state index contributed by atoms with van der Waals surface area (Å²) < 4.78 is 2.72. The lowest BCUT2D eigenvalue weighted by molar-refractivity contribution is -0.0399. The molecular weight excluding hydrogens is 709 g/mol. The summed E-state index contributed by atoms with van der Waals surface area (Å²) in [6.45, 7) is 0. The van der Waals surface area contributed by atoms with Crippen LogP contribution in [0.3, 0.4) is 0 Å². The van der Waals surface area contributed by atoms with Crippen LogP contribution in [0.1, 0.15) is 43.2 Å². The number of rotatable bonds is 4. The zero-order valence-electron chi connectivity index (χ0n) is 31.7. The molecule has 272 valence electrons. The fraction of sp³-hybridized carbons (Fsp3) is 0.185. The SMILES string of the molecule is c1ccc(-c2nc(-c3cccc(-c4ccc5c(c4)-c4cc(-c6ccc7sc8ccccc8c7c6)ccc4C54C5CC6CC(C5)CC4C6)c3)nc3ccccc23)cc1. The van der Waals surface area contributed by atoms with Gasteiger partial charge in [0.25, 0.3) is 0 Å². The van der Waals surface area contributed by atoms with Crippen molar-refractivity contribution < 1.29 is 0 Å². The van der Waals surface area contributed by atoms with E-state index in [2.05, 4.69) is 158 Å². The van der Waals surface area contributed by atoms with Crippen molar-refractivity contribution in [1.29, 1.82) is 0 Å². The molecule has 4 bridgehead atoms. The molecule has 0 atom stereocenters. The van der Waals surface area contributed by atoms with Crippen molar-refractivity contribution >= 4 is 42.4 Å². The molecule has 3 heteroatoms. The van der Waals surface area contributed by atoms with Gasteiger partial charge in [-0.15, -0.1) is 11.3 Å². The largest absolute Gasteiger partial charge is 0.228 e. The van der Waals surface area contributed by atoms with Crippen molar-refractivity contribution in [3.63, 3.8) is 0 Å². The topological polar surface area (TPSA) is 25.8 Å². The van der Waals surface area contributed by atoms with Crippen LogP contribution in [0.5, 0.6) is 0 Å². The molecule has 5 aliphatic carbocycles. The van der Waals surface area contributed by atoms with Crippen LogP contribution in [0.15, 0.2) is 158 Å². The number of benzene rings is 7. The van der Waals surface area contributed by atoms with E-state index in [1.165, 1.54) is 85.7 Å². The summed E-state index contributed by atoms with van der Waals surface area (Å²) in [6, 6.07) is 58.8. The Bertz CT molecular complexity index is 3070. The minimum atomic E-state index is 0.122. The van der Waals surface area contributed by atoms with E-state index in [4.69, 9.17) is 9.97 Å². The first kappa shape index (κ1) is 32.2. The van der Waals surface area contributed by atoms with Crippen LogP contribution >= 0.6 is 11.3 Å². The molecule has 2 aromatic heterocycles. The van der Waals surface area contributed by atoms with Gasteiger partial charge in [0.15, 0.2) is 5.82 Å². The van der Waals surface area contributed by atoms with Crippen molar-refractivity contribution in [2.45, 2.75) is 37.5 Å². The molecule has 9 aromatic rings. The first-order valence-corrected chi connectivity index (χ1v) is 21.6. The molecule has 1 spiro atoms. The van der Waals surface area contributed by atoms with Crippen molar-refractivity contribution in [2.24, 2.45) is 23.7 Å². The fourth-order valence-corrected chi connectivity index (χ4v) is 13.4. The summed E-state index contributed by atoms with van der Waals surface area (Å²) >= 11 is 1.90. The molecule has 0 N–H and O–H groups in total. The third-order valence-electron chi connectivity index (χ3n) is 14.5. The summed E-state index contributed by atoms with van der Waals surface area (Å²) in [7, 11) is 0. The Balaban J connectivity index is 0.962. The summed E-state index contributed by atoms with van der Waals surface area (Å²) in [5, 5.41) is 3.79. The van der Waals surface area contributed by atoms with Crippen LogP contribution in [0.2, 0.25) is 0 Å². The Morgan fingerprint density at radius 1 is 0.421 bits per heavy atom. The first-order valence-electron chi connectivity index (χ1n) is 20.8. The maximum absolute atomic E-state index is 5.22. The minimum absolute atomic E-state index is 0.122. The van der Waals surface area contributed by atoms with Gasteiger partial charge in [-0.3, -0.25) is 0 Å². The number of aromatic nitrogens is 2. The molecule has 4 fully saturated rings. The Labute approximate surface area is 336 Å². The molecule has 2 heterocycles. The van der Waals surface area contributed by atoms with E-state index in [9.17, 15) is 0 Å². The molecule has 5 aliphatic rings. The van der Waals surface area contributed by atoms with E-state index in [0.29, 0.717) is 0 Å². The minimum Gasteiger partial charge on any atom is -0.228 e. The van der Waals surface area contributed by atoms with E-state index in [-0.39, 0.29) is 5.41 Å². The van der Waals surface area contributed by atoms with Crippen molar-refractivity contribution in [3.05, 3.63) is 169 Å². The normalized spacial score (nSPS) is 22.8. The van der Waals surface area contributed by atoms with E-state index < -0.39 is 0 Å². The van der Waals surface area contributed by atoms with Gasteiger partial charge in [-0.25, -0.2) is 9.97 Å². The number of thiophene rings is 1. The maximum Gasteiger partial charge on any atom is 0.160 e. The van der Waals surface area contributed by atoms with Gasteiger partial charge in [0.05, 0.1) is 11.2 Å². The summed E-state index contributed by atoms with van der Waals surface area (Å²) in [5.74, 6) is 4.04. The van der Waals surface area contributed by atoms with Crippen LogP contribution in [-0.2, 0) is 5.41 Å². The molecule has 0 radical (unpaired) electrons. The molecule has 14 rings (SSSR count). The number of hydrogen-bond acceptors (Lipinski definition) is 3. The molecule has 0 saturated heterocycles. The molecule has 0 amide bonds. The van der Waals surface area contributed by atoms with Crippen molar-refractivity contribution in [2.75, 3.05) is 0 Å². The monoisotopic (exact) mass is 748 g/mol. The van der Waals surface area contributed by atoms with Gasteiger partial charge < -0.3 is 0 Å². The average Bonchev–Trinajstić information content (AvgIpc) is 3.78. The third kappa shape index (κ3) is 4.70. The fourth-order valence-electron chi connectivity index (χ4n) is 12.3. The Morgan fingerprint density at radius 2 is 1.00 bits per heavy atom. The second kappa shape index (κ2) is 12.1. The zero-order valence-corrected chi connectivity index (χ0v) is 32.5. The summed E-state index contributed by atoms with van der Waals surface area (Å²) in [4.78, 5) is 10.3. The van der Waals surface area contributed by atoms with Crippen LogP contribution in [0.25, 0.3) is 87.1 Å². The second-order valence-corrected chi connectivity index (χ2v) is 18.4. The lowest BCUT2D eigenvalue weighted by Crippen LogP contribution is -2.55.